The highest BCUT2D eigenvalue weighted by Gasteiger charge is 2.07. The van der Waals surface area contributed by atoms with E-state index in [4.69, 9.17) is 10.5 Å². The van der Waals surface area contributed by atoms with Crippen LogP contribution in [-0.4, -0.2) is 37.7 Å². The van der Waals surface area contributed by atoms with E-state index < -0.39 is 0 Å². The maximum Gasteiger partial charge on any atom is 0.0606 e. The Morgan fingerprint density at radius 1 is 1.37 bits per heavy atom. The lowest BCUT2D eigenvalue weighted by atomic mass is 10.0. The molecule has 0 amide bonds. The van der Waals surface area contributed by atoms with Crippen LogP contribution in [0.15, 0.2) is 24.8 Å². The van der Waals surface area contributed by atoms with Crippen molar-refractivity contribution in [3.05, 3.63) is 41.5 Å². The van der Waals surface area contributed by atoms with Crippen molar-refractivity contribution in [2.75, 3.05) is 32.8 Å². The van der Waals surface area contributed by atoms with Crippen LogP contribution in [0, 0.1) is 11.8 Å². The second-order valence-corrected chi connectivity index (χ2v) is 4.52. The van der Waals surface area contributed by atoms with E-state index in [0.29, 0.717) is 6.54 Å². The first kappa shape index (κ1) is 13.8. The van der Waals surface area contributed by atoms with Crippen molar-refractivity contribution in [3.63, 3.8) is 0 Å². The van der Waals surface area contributed by atoms with Gasteiger partial charge < -0.3 is 10.5 Å². The predicted octanol–water partition coefficient (Wildman–Crippen LogP) is 1.47. The Morgan fingerprint density at radius 2 is 2.16 bits per heavy atom. The average Bonchev–Trinajstić information content (AvgIpc) is 2.48. The molecular formula is C16H20N2O. The molecule has 1 aliphatic rings. The van der Waals surface area contributed by atoms with Crippen LogP contribution in [-0.2, 0) is 11.3 Å². The molecule has 3 heteroatoms. The van der Waals surface area contributed by atoms with Crippen molar-refractivity contribution in [3.8, 4) is 11.8 Å². The molecule has 1 saturated heterocycles. The minimum Gasteiger partial charge on any atom is -0.379 e. The first-order valence-corrected chi connectivity index (χ1v) is 6.58. The van der Waals surface area contributed by atoms with Gasteiger partial charge >= 0.3 is 0 Å². The predicted molar refractivity (Wildman–Crippen MR) is 78.6 cm³/mol. The van der Waals surface area contributed by atoms with Crippen LogP contribution in [0.5, 0.6) is 0 Å². The molecule has 2 N–H and O–H groups in total. The van der Waals surface area contributed by atoms with Crippen molar-refractivity contribution < 1.29 is 4.74 Å². The molecule has 0 atom stereocenters. The quantitative estimate of drug-likeness (QED) is 0.832. The molecule has 3 nitrogen and oxygen atoms in total. The summed E-state index contributed by atoms with van der Waals surface area (Å²) >= 11 is 0. The molecule has 1 fully saturated rings. The number of hydrogen-bond acceptors (Lipinski definition) is 3. The zero-order valence-corrected chi connectivity index (χ0v) is 11.2. The van der Waals surface area contributed by atoms with Gasteiger partial charge in [0.2, 0.25) is 0 Å². The third kappa shape index (κ3) is 3.93. The molecule has 0 unspecified atom stereocenters. The first-order valence-electron chi connectivity index (χ1n) is 6.58. The van der Waals surface area contributed by atoms with Crippen molar-refractivity contribution >= 4 is 6.08 Å². The molecule has 1 aromatic carbocycles. The van der Waals surface area contributed by atoms with Crippen molar-refractivity contribution in [1.29, 1.82) is 0 Å². The highest BCUT2D eigenvalue weighted by molar-refractivity contribution is 5.58. The molecule has 1 aliphatic heterocycles. The monoisotopic (exact) mass is 256 g/mol. The SMILES string of the molecule is C=Cc1ccc(CN)cc1C#CCN1CCOCC1. The molecule has 0 radical (unpaired) electrons. The smallest absolute Gasteiger partial charge is 0.0606 e. The van der Waals surface area contributed by atoms with E-state index in [-0.39, 0.29) is 0 Å². The summed E-state index contributed by atoms with van der Waals surface area (Å²) in [5.74, 6) is 6.46. The Hall–Kier alpha value is -1.60. The number of nitrogens with two attached hydrogens (primary N) is 1. The second-order valence-electron chi connectivity index (χ2n) is 4.52. The maximum atomic E-state index is 5.66. The van der Waals surface area contributed by atoms with Crippen LogP contribution in [0.25, 0.3) is 6.08 Å². The molecule has 0 bridgehead atoms. The maximum absolute atomic E-state index is 5.66. The van der Waals surface area contributed by atoms with Crippen molar-refractivity contribution in [1.82, 2.24) is 4.90 Å². The van der Waals surface area contributed by atoms with Gasteiger partial charge in [-0.2, -0.15) is 0 Å². The molecular weight excluding hydrogens is 236 g/mol. The molecule has 0 aliphatic carbocycles. The lowest BCUT2D eigenvalue weighted by Crippen LogP contribution is -2.36. The molecule has 0 spiro atoms. The van der Waals surface area contributed by atoms with Gasteiger partial charge in [-0.25, -0.2) is 0 Å². The van der Waals surface area contributed by atoms with E-state index in [2.05, 4.69) is 23.3 Å². The van der Waals surface area contributed by atoms with Crippen LogP contribution in [0.4, 0.5) is 0 Å². The van der Waals surface area contributed by atoms with E-state index in [9.17, 15) is 0 Å². The zero-order chi connectivity index (χ0) is 13.5. The van der Waals surface area contributed by atoms with Gasteiger partial charge in [-0.3, -0.25) is 4.90 Å². The van der Waals surface area contributed by atoms with Gasteiger partial charge in [0.15, 0.2) is 0 Å². The minimum absolute atomic E-state index is 0.537. The average molecular weight is 256 g/mol. The highest BCUT2D eigenvalue weighted by atomic mass is 16.5. The third-order valence-corrected chi connectivity index (χ3v) is 3.20. The molecule has 0 aromatic heterocycles. The Labute approximate surface area is 115 Å². The van der Waals surface area contributed by atoms with E-state index in [1.165, 1.54) is 0 Å². The van der Waals surface area contributed by atoms with Crippen LogP contribution in [0.1, 0.15) is 16.7 Å². The van der Waals surface area contributed by atoms with Gasteiger partial charge in [-0.1, -0.05) is 36.6 Å². The molecule has 1 heterocycles. The standard InChI is InChI=1S/C16H20N2O/c1-2-15-6-5-14(13-17)12-16(15)4-3-7-18-8-10-19-11-9-18/h2,5-6,12H,1,7-11,13,17H2. The van der Waals surface area contributed by atoms with Gasteiger partial charge in [-0.15, -0.1) is 0 Å². The van der Waals surface area contributed by atoms with Crippen LogP contribution in [0.2, 0.25) is 0 Å². The summed E-state index contributed by atoms with van der Waals surface area (Å²) < 4.78 is 5.31. The molecule has 2 rings (SSSR count). The summed E-state index contributed by atoms with van der Waals surface area (Å²) in [6.07, 6.45) is 1.83. The number of hydrogen-bond donors (Lipinski definition) is 1. The van der Waals surface area contributed by atoms with Crippen LogP contribution >= 0.6 is 0 Å². The first-order chi connectivity index (χ1) is 9.33. The van der Waals surface area contributed by atoms with Crippen molar-refractivity contribution in [2.45, 2.75) is 6.54 Å². The Morgan fingerprint density at radius 3 is 2.84 bits per heavy atom. The molecule has 100 valence electrons. The second kappa shape index (κ2) is 7.10. The van der Waals surface area contributed by atoms with Crippen LogP contribution < -0.4 is 5.73 Å². The number of ether oxygens (including phenoxy) is 1. The summed E-state index contributed by atoms with van der Waals surface area (Å²) in [6, 6.07) is 6.08. The summed E-state index contributed by atoms with van der Waals surface area (Å²) in [4.78, 5) is 2.30. The summed E-state index contributed by atoms with van der Waals surface area (Å²) in [5, 5.41) is 0. The number of benzene rings is 1. The molecule has 0 saturated carbocycles. The van der Waals surface area contributed by atoms with Crippen molar-refractivity contribution in [2.24, 2.45) is 5.73 Å². The Balaban J connectivity index is 2.06. The van der Waals surface area contributed by atoms with Gasteiger partial charge in [0, 0.05) is 25.2 Å². The third-order valence-electron chi connectivity index (χ3n) is 3.20. The highest BCUT2D eigenvalue weighted by Crippen LogP contribution is 2.12. The Bertz CT molecular complexity index is 493. The van der Waals surface area contributed by atoms with E-state index in [1.54, 1.807) is 0 Å². The van der Waals surface area contributed by atoms with Gasteiger partial charge in [0.05, 0.1) is 19.8 Å². The summed E-state index contributed by atoms with van der Waals surface area (Å²) in [5.41, 5.74) is 8.83. The Kier molecular flexibility index (Phi) is 5.17. The lowest BCUT2D eigenvalue weighted by Gasteiger charge is -2.24. The normalized spacial score (nSPS) is 15.6. The zero-order valence-electron chi connectivity index (χ0n) is 11.2. The summed E-state index contributed by atoms with van der Waals surface area (Å²) in [7, 11) is 0. The van der Waals surface area contributed by atoms with Gasteiger partial charge in [0.1, 0.15) is 0 Å². The largest absolute Gasteiger partial charge is 0.379 e. The van der Waals surface area contributed by atoms with Crippen LogP contribution in [0.3, 0.4) is 0 Å². The fraction of sp³-hybridized carbons (Fsp3) is 0.375. The fourth-order valence-corrected chi connectivity index (χ4v) is 2.02. The van der Waals surface area contributed by atoms with Gasteiger partial charge in [0.25, 0.3) is 0 Å². The lowest BCUT2D eigenvalue weighted by molar-refractivity contribution is 0.0443. The summed E-state index contributed by atoms with van der Waals surface area (Å²) in [6.45, 7) is 8.68. The topological polar surface area (TPSA) is 38.5 Å². The minimum atomic E-state index is 0.537. The van der Waals surface area contributed by atoms with E-state index >= 15 is 0 Å². The fourth-order valence-electron chi connectivity index (χ4n) is 2.02. The number of nitrogens with zero attached hydrogens (tertiary/aromatic N) is 1. The number of rotatable bonds is 3. The van der Waals surface area contributed by atoms with Gasteiger partial charge in [-0.05, 0) is 17.2 Å². The molecule has 1 aromatic rings. The van der Waals surface area contributed by atoms with E-state index in [1.807, 2.05) is 24.3 Å². The molecule has 19 heavy (non-hydrogen) atoms. The van der Waals surface area contributed by atoms with E-state index in [0.717, 1.165) is 49.5 Å². The number of morpholine rings is 1.